The maximum Gasteiger partial charge on any atom is 0.353 e. The molecule has 1 aromatic carbocycles. The SMILES string of the molecule is O=[N+]([O-])c1cccc(-n2cc(S(=O)(=O)F)nn2)c1. The van der Waals surface area contributed by atoms with E-state index in [0.29, 0.717) is 0 Å². The van der Waals surface area contributed by atoms with Gasteiger partial charge in [0.1, 0.15) is 0 Å². The van der Waals surface area contributed by atoms with Gasteiger partial charge in [0, 0.05) is 12.1 Å². The Bertz CT molecular complexity index is 711. The molecular formula is C8H5FN4O4S. The Kier molecular flexibility index (Phi) is 2.79. The molecule has 8 nitrogen and oxygen atoms in total. The van der Waals surface area contributed by atoms with Gasteiger partial charge in [-0.1, -0.05) is 15.2 Å². The van der Waals surface area contributed by atoms with Gasteiger partial charge < -0.3 is 0 Å². The molecule has 0 atom stereocenters. The molecule has 1 heterocycles. The van der Waals surface area contributed by atoms with Crippen LogP contribution in [0.4, 0.5) is 9.57 Å². The van der Waals surface area contributed by atoms with Crippen molar-refractivity contribution < 1.29 is 17.2 Å². The number of nitro benzene ring substituents is 1. The van der Waals surface area contributed by atoms with Crippen LogP contribution in [-0.4, -0.2) is 28.3 Å². The van der Waals surface area contributed by atoms with E-state index in [-0.39, 0.29) is 11.4 Å². The minimum Gasteiger partial charge on any atom is -0.258 e. The van der Waals surface area contributed by atoms with E-state index < -0.39 is 20.2 Å². The van der Waals surface area contributed by atoms with Gasteiger partial charge in [0.05, 0.1) is 16.8 Å². The predicted molar refractivity (Wildman–Crippen MR) is 56.3 cm³/mol. The van der Waals surface area contributed by atoms with Gasteiger partial charge in [-0.2, -0.15) is 8.42 Å². The van der Waals surface area contributed by atoms with Gasteiger partial charge in [0.15, 0.2) is 0 Å². The molecule has 0 amide bonds. The van der Waals surface area contributed by atoms with Gasteiger partial charge in [0.2, 0.25) is 5.03 Å². The van der Waals surface area contributed by atoms with E-state index in [1.807, 2.05) is 0 Å². The molecule has 0 bridgehead atoms. The third kappa shape index (κ3) is 2.32. The van der Waals surface area contributed by atoms with Crippen molar-refractivity contribution in [2.24, 2.45) is 0 Å². The Hall–Kier alpha value is -2.36. The summed E-state index contributed by atoms with van der Waals surface area (Å²) < 4.78 is 34.7. The number of non-ortho nitro benzene ring substituents is 1. The van der Waals surface area contributed by atoms with E-state index in [2.05, 4.69) is 10.3 Å². The zero-order valence-electron chi connectivity index (χ0n) is 8.59. The molecule has 18 heavy (non-hydrogen) atoms. The number of hydrogen-bond acceptors (Lipinski definition) is 6. The molecular weight excluding hydrogens is 267 g/mol. The number of nitrogens with zero attached hydrogens (tertiary/aromatic N) is 4. The highest BCUT2D eigenvalue weighted by molar-refractivity contribution is 7.86. The van der Waals surface area contributed by atoms with Crippen LogP contribution in [0.5, 0.6) is 0 Å². The Morgan fingerprint density at radius 3 is 2.67 bits per heavy atom. The standard InChI is InChI=1S/C8H5FN4O4S/c9-18(16,17)8-5-12(11-10-8)6-2-1-3-7(4-6)13(14)15/h1-5H. The van der Waals surface area contributed by atoms with Crippen LogP contribution in [0.15, 0.2) is 35.5 Å². The normalized spacial score (nSPS) is 11.4. The molecule has 2 aromatic rings. The van der Waals surface area contributed by atoms with Crippen molar-refractivity contribution in [3.05, 3.63) is 40.6 Å². The summed E-state index contributed by atoms with van der Waals surface area (Å²) >= 11 is 0. The van der Waals surface area contributed by atoms with Crippen LogP contribution in [0.25, 0.3) is 5.69 Å². The van der Waals surface area contributed by atoms with Crippen molar-refractivity contribution in [3.8, 4) is 5.69 Å². The van der Waals surface area contributed by atoms with Crippen LogP contribution in [0.1, 0.15) is 0 Å². The van der Waals surface area contributed by atoms with Crippen LogP contribution < -0.4 is 0 Å². The summed E-state index contributed by atoms with van der Waals surface area (Å²) in [5, 5.41) is 16.2. The molecule has 0 saturated heterocycles. The number of rotatable bonds is 3. The van der Waals surface area contributed by atoms with Crippen molar-refractivity contribution >= 4 is 15.9 Å². The molecule has 0 radical (unpaired) electrons. The number of benzene rings is 1. The first-order chi connectivity index (χ1) is 8.38. The van der Waals surface area contributed by atoms with Gasteiger partial charge >= 0.3 is 10.2 Å². The fourth-order valence-corrected chi connectivity index (χ4v) is 1.60. The average molecular weight is 272 g/mol. The lowest BCUT2D eigenvalue weighted by molar-refractivity contribution is -0.384. The maximum atomic E-state index is 12.6. The summed E-state index contributed by atoms with van der Waals surface area (Å²) in [5.41, 5.74) is -0.000689. The van der Waals surface area contributed by atoms with Crippen molar-refractivity contribution in [1.82, 2.24) is 15.0 Å². The van der Waals surface area contributed by atoms with Gasteiger partial charge in [0.25, 0.3) is 5.69 Å². The molecule has 10 heteroatoms. The van der Waals surface area contributed by atoms with Crippen molar-refractivity contribution in [1.29, 1.82) is 0 Å². The molecule has 94 valence electrons. The summed E-state index contributed by atoms with van der Waals surface area (Å²) in [6.45, 7) is 0. The topological polar surface area (TPSA) is 108 Å². The highest BCUT2D eigenvalue weighted by atomic mass is 32.3. The molecule has 0 aliphatic carbocycles. The Balaban J connectivity index is 2.46. The highest BCUT2D eigenvalue weighted by Crippen LogP contribution is 2.17. The zero-order chi connectivity index (χ0) is 13.3. The Morgan fingerprint density at radius 1 is 1.39 bits per heavy atom. The van der Waals surface area contributed by atoms with Crippen LogP contribution in [0.2, 0.25) is 0 Å². The Morgan fingerprint density at radius 2 is 2.11 bits per heavy atom. The third-order valence-corrected chi connectivity index (χ3v) is 2.71. The lowest BCUT2D eigenvalue weighted by Crippen LogP contribution is -1.96. The summed E-state index contributed by atoms with van der Waals surface area (Å²) in [6, 6.07) is 5.24. The first-order valence-electron chi connectivity index (χ1n) is 4.50. The molecule has 1 aromatic heterocycles. The highest BCUT2D eigenvalue weighted by Gasteiger charge is 2.18. The molecule has 0 aliphatic heterocycles. The minimum absolute atomic E-state index is 0.201. The minimum atomic E-state index is -4.94. The largest absolute Gasteiger partial charge is 0.353 e. The quantitative estimate of drug-likeness (QED) is 0.465. The zero-order valence-corrected chi connectivity index (χ0v) is 9.41. The van der Waals surface area contributed by atoms with E-state index in [1.165, 1.54) is 18.2 Å². The summed E-state index contributed by atoms with van der Waals surface area (Å²) in [4.78, 5) is 9.94. The van der Waals surface area contributed by atoms with Gasteiger partial charge in [-0.05, 0) is 6.07 Å². The summed E-state index contributed by atoms with van der Waals surface area (Å²) in [5.74, 6) is 0. The predicted octanol–water partition coefficient (Wildman–Crippen LogP) is 0.834. The van der Waals surface area contributed by atoms with E-state index in [9.17, 15) is 22.4 Å². The summed E-state index contributed by atoms with van der Waals surface area (Å²) in [7, 11) is -4.94. The van der Waals surface area contributed by atoms with Crippen molar-refractivity contribution in [2.75, 3.05) is 0 Å². The van der Waals surface area contributed by atoms with Crippen LogP contribution in [-0.2, 0) is 10.2 Å². The van der Waals surface area contributed by atoms with E-state index in [4.69, 9.17) is 0 Å². The van der Waals surface area contributed by atoms with Crippen molar-refractivity contribution in [2.45, 2.75) is 5.03 Å². The number of halogens is 1. The van der Waals surface area contributed by atoms with Crippen LogP contribution in [0.3, 0.4) is 0 Å². The molecule has 0 saturated carbocycles. The van der Waals surface area contributed by atoms with E-state index in [1.54, 1.807) is 0 Å². The van der Waals surface area contributed by atoms with E-state index in [0.717, 1.165) is 16.9 Å². The van der Waals surface area contributed by atoms with E-state index >= 15 is 0 Å². The molecule has 0 aliphatic rings. The lowest BCUT2D eigenvalue weighted by atomic mass is 10.3. The van der Waals surface area contributed by atoms with Gasteiger partial charge in [-0.15, -0.1) is 5.10 Å². The van der Waals surface area contributed by atoms with Crippen LogP contribution >= 0.6 is 0 Å². The van der Waals surface area contributed by atoms with Crippen molar-refractivity contribution in [3.63, 3.8) is 0 Å². The molecule has 2 rings (SSSR count). The third-order valence-electron chi connectivity index (χ3n) is 2.03. The first-order valence-corrected chi connectivity index (χ1v) is 5.88. The van der Waals surface area contributed by atoms with Gasteiger partial charge in [-0.3, -0.25) is 10.1 Å². The molecule has 0 fully saturated rings. The second-order valence-electron chi connectivity index (χ2n) is 3.22. The van der Waals surface area contributed by atoms with Crippen LogP contribution in [0, 0.1) is 10.1 Å². The smallest absolute Gasteiger partial charge is 0.258 e. The Labute approximate surface area is 100 Å². The first kappa shape index (κ1) is 12.1. The maximum absolute atomic E-state index is 12.6. The second kappa shape index (κ2) is 4.14. The monoisotopic (exact) mass is 272 g/mol. The van der Waals surface area contributed by atoms with Gasteiger partial charge in [-0.25, -0.2) is 4.68 Å². The number of aromatic nitrogens is 3. The number of hydrogen-bond donors (Lipinski definition) is 0. The fraction of sp³-hybridized carbons (Fsp3) is 0. The second-order valence-corrected chi connectivity index (χ2v) is 4.51. The molecule has 0 spiro atoms. The molecule has 0 unspecified atom stereocenters. The fourth-order valence-electron chi connectivity index (χ4n) is 1.24. The lowest BCUT2D eigenvalue weighted by Gasteiger charge is -1.98. The summed E-state index contributed by atoms with van der Waals surface area (Å²) in [6.07, 6.45) is 0.828. The molecule has 0 N–H and O–H groups in total. The average Bonchev–Trinajstić information content (AvgIpc) is 2.78. The number of nitro groups is 1.